The highest BCUT2D eigenvalue weighted by Gasteiger charge is 2.36. The van der Waals surface area contributed by atoms with Gasteiger partial charge >= 0.3 is 0 Å². The molecule has 2 N–H and O–H groups in total. The number of aromatic nitrogens is 1. The predicted molar refractivity (Wildman–Crippen MR) is 118 cm³/mol. The molecule has 0 spiro atoms. The summed E-state index contributed by atoms with van der Waals surface area (Å²) in [4.78, 5) is 29.5. The van der Waals surface area contributed by atoms with Gasteiger partial charge in [-0.05, 0) is 29.0 Å². The first-order chi connectivity index (χ1) is 13.9. The van der Waals surface area contributed by atoms with Crippen LogP contribution < -0.4 is 20.5 Å². The van der Waals surface area contributed by atoms with Crippen LogP contribution in [0.15, 0.2) is 45.4 Å². The molecular weight excluding hydrogens is 424 g/mol. The van der Waals surface area contributed by atoms with Crippen molar-refractivity contribution >= 4 is 57.4 Å². The van der Waals surface area contributed by atoms with Crippen molar-refractivity contribution in [3.05, 3.63) is 69.9 Å². The summed E-state index contributed by atoms with van der Waals surface area (Å²) in [5.41, 5.74) is 6.60. The number of nitrogens with zero attached hydrogens (tertiary/aromatic N) is 3. The molecule has 6 nitrogen and oxygen atoms in total. The number of nitriles is 1. The maximum absolute atomic E-state index is 13.2. The number of hydrogen-bond acceptors (Lipinski definition) is 7. The van der Waals surface area contributed by atoms with Gasteiger partial charge in [0.05, 0.1) is 27.7 Å². The van der Waals surface area contributed by atoms with Gasteiger partial charge in [-0.1, -0.05) is 12.1 Å². The van der Waals surface area contributed by atoms with Crippen molar-refractivity contribution in [2.75, 3.05) is 14.1 Å². The minimum atomic E-state index is -0.595. The molecule has 1 atom stereocenters. The zero-order chi connectivity index (χ0) is 20.7. The molecule has 0 aromatic carbocycles. The standard InChI is InChI=1S/C20H16N4O2S3/c1-23(2)19(26)16-15(13-6-4-8-28-13)12(10-21)17(22)24-18(25)14(29-20(16)24)9-11-5-3-7-27-11/h3-9,15H,22H2,1-2H3/b14-9-. The summed E-state index contributed by atoms with van der Waals surface area (Å²) in [7, 11) is 3.31. The Morgan fingerprint density at radius 2 is 2.00 bits per heavy atom. The Labute approximate surface area is 178 Å². The third kappa shape index (κ3) is 3.15. The van der Waals surface area contributed by atoms with Crippen LogP contribution in [0.25, 0.3) is 17.5 Å². The minimum absolute atomic E-state index is 0.0864. The van der Waals surface area contributed by atoms with E-state index in [1.165, 1.54) is 43.5 Å². The van der Waals surface area contributed by atoms with E-state index in [-0.39, 0.29) is 22.9 Å². The highest BCUT2D eigenvalue weighted by atomic mass is 32.1. The van der Waals surface area contributed by atoms with Crippen molar-refractivity contribution in [1.82, 2.24) is 9.47 Å². The van der Waals surface area contributed by atoms with E-state index in [4.69, 9.17) is 5.73 Å². The molecule has 3 aromatic rings. The minimum Gasteiger partial charge on any atom is -0.384 e. The predicted octanol–water partition coefficient (Wildman–Crippen LogP) is 1.55. The molecule has 1 amide bonds. The van der Waals surface area contributed by atoms with Crippen molar-refractivity contribution in [3.63, 3.8) is 0 Å². The van der Waals surface area contributed by atoms with Crippen molar-refractivity contribution in [2.45, 2.75) is 5.92 Å². The van der Waals surface area contributed by atoms with Crippen LogP contribution in [0.3, 0.4) is 0 Å². The van der Waals surface area contributed by atoms with Crippen molar-refractivity contribution in [2.24, 2.45) is 5.73 Å². The first kappa shape index (κ1) is 19.4. The molecule has 0 radical (unpaired) electrons. The van der Waals surface area contributed by atoms with Crippen LogP contribution in [0.5, 0.6) is 0 Å². The van der Waals surface area contributed by atoms with Crippen LogP contribution in [0.4, 0.5) is 0 Å². The van der Waals surface area contributed by atoms with Crippen molar-refractivity contribution in [1.29, 1.82) is 5.26 Å². The lowest BCUT2D eigenvalue weighted by molar-refractivity contribution is -0.123. The third-order valence-corrected chi connectivity index (χ3v) is 7.41. The molecule has 29 heavy (non-hydrogen) atoms. The number of carbonyl (C=O) groups is 1. The number of carbonyl (C=O) groups excluding carboxylic acids is 1. The number of fused-ring (bicyclic) bond motifs is 1. The number of hydrogen-bond donors (Lipinski definition) is 1. The summed E-state index contributed by atoms with van der Waals surface area (Å²) < 4.78 is 2.26. The number of thiophene rings is 2. The molecule has 4 rings (SSSR count). The van der Waals surface area contributed by atoms with Crippen molar-refractivity contribution < 1.29 is 4.79 Å². The van der Waals surface area contributed by atoms with E-state index in [0.29, 0.717) is 14.8 Å². The van der Waals surface area contributed by atoms with Gasteiger partial charge in [-0.2, -0.15) is 5.26 Å². The van der Waals surface area contributed by atoms with Crippen LogP contribution in [0.1, 0.15) is 15.7 Å². The Bertz CT molecular complexity index is 1330. The Kier molecular flexibility index (Phi) is 5.00. The maximum Gasteiger partial charge on any atom is 0.274 e. The summed E-state index contributed by atoms with van der Waals surface area (Å²) in [6.45, 7) is 0. The van der Waals surface area contributed by atoms with E-state index in [1.54, 1.807) is 20.2 Å². The quantitative estimate of drug-likeness (QED) is 0.669. The molecule has 0 saturated carbocycles. The first-order valence-corrected chi connectivity index (χ1v) is 11.2. The zero-order valence-electron chi connectivity index (χ0n) is 15.6. The van der Waals surface area contributed by atoms with Gasteiger partial charge < -0.3 is 10.6 Å². The number of rotatable bonds is 3. The van der Waals surface area contributed by atoms with Crippen LogP contribution in [-0.2, 0) is 4.79 Å². The van der Waals surface area contributed by atoms with E-state index in [1.807, 2.05) is 35.0 Å². The molecule has 9 heteroatoms. The highest BCUT2D eigenvalue weighted by molar-refractivity contribution is 7.11. The summed E-state index contributed by atoms with van der Waals surface area (Å²) in [5.74, 6) is -0.757. The molecule has 0 saturated heterocycles. The Hall–Kier alpha value is -2.93. The monoisotopic (exact) mass is 440 g/mol. The van der Waals surface area contributed by atoms with Gasteiger partial charge in [-0.15, -0.1) is 34.0 Å². The van der Waals surface area contributed by atoms with E-state index in [2.05, 4.69) is 6.07 Å². The molecule has 0 aliphatic carbocycles. The molecule has 1 aliphatic rings. The molecule has 0 bridgehead atoms. The van der Waals surface area contributed by atoms with Gasteiger partial charge in [0.15, 0.2) is 0 Å². The second kappa shape index (κ2) is 7.48. The lowest BCUT2D eigenvalue weighted by Crippen LogP contribution is -2.41. The van der Waals surface area contributed by atoms with Crippen LogP contribution in [0, 0.1) is 11.3 Å². The van der Waals surface area contributed by atoms with E-state index in [0.717, 1.165) is 9.75 Å². The fourth-order valence-electron chi connectivity index (χ4n) is 3.24. The van der Waals surface area contributed by atoms with Gasteiger partial charge in [-0.25, -0.2) is 0 Å². The lowest BCUT2D eigenvalue weighted by Gasteiger charge is -2.25. The topological polar surface area (TPSA) is 92.1 Å². The molecule has 0 fully saturated rings. The van der Waals surface area contributed by atoms with E-state index in [9.17, 15) is 14.9 Å². The first-order valence-electron chi connectivity index (χ1n) is 8.60. The Morgan fingerprint density at radius 3 is 2.59 bits per heavy atom. The fourth-order valence-corrected chi connectivity index (χ4v) is 5.97. The third-order valence-electron chi connectivity index (χ3n) is 4.55. The lowest BCUT2D eigenvalue weighted by atomic mass is 9.88. The number of amides is 1. The molecule has 3 aromatic heterocycles. The van der Waals surface area contributed by atoms with E-state index < -0.39 is 5.92 Å². The second-order valence-corrected chi connectivity index (χ2v) is 9.53. The summed E-state index contributed by atoms with van der Waals surface area (Å²) >= 11 is 4.20. The van der Waals surface area contributed by atoms with Crippen LogP contribution in [0.2, 0.25) is 0 Å². The average Bonchev–Trinajstić information content (AvgIpc) is 3.44. The Morgan fingerprint density at radius 1 is 1.28 bits per heavy atom. The fraction of sp³-hybridized carbons (Fsp3) is 0.150. The van der Waals surface area contributed by atoms with Gasteiger partial charge in [-0.3, -0.25) is 14.2 Å². The molecular formula is C20H16N4O2S3. The molecule has 1 unspecified atom stereocenters. The zero-order valence-corrected chi connectivity index (χ0v) is 18.0. The summed E-state index contributed by atoms with van der Waals surface area (Å²) in [6, 6.07) is 9.71. The smallest absolute Gasteiger partial charge is 0.274 e. The molecule has 146 valence electrons. The normalized spacial score (nSPS) is 16.7. The van der Waals surface area contributed by atoms with Crippen LogP contribution >= 0.6 is 34.0 Å². The van der Waals surface area contributed by atoms with Crippen molar-refractivity contribution in [3.8, 4) is 6.07 Å². The molecule has 1 aliphatic heterocycles. The maximum atomic E-state index is 13.2. The highest BCUT2D eigenvalue weighted by Crippen LogP contribution is 2.38. The van der Waals surface area contributed by atoms with Gasteiger partial charge in [0, 0.05) is 23.8 Å². The summed E-state index contributed by atoms with van der Waals surface area (Å²) in [5, 5.41) is 13.7. The Balaban J connectivity index is 2.14. The largest absolute Gasteiger partial charge is 0.384 e. The van der Waals surface area contributed by atoms with Gasteiger partial charge in [0.1, 0.15) is 10.5 Å². The molecule has 4 heterocycles. The van der Waals surface area contributed by atoms with E-state index >= 15 is 0 Å². The SMILES string of the molecule is CN(C)C(=O)C1=c2s/c(=C\c3cccs3)c(=O)n2C(N)=C(C#N)C1c1cccs1. The number of allylic oxidation sites excluding steroid dienone is 1. The summed E-state index contributed by atoms with van der Waals surface area (Å²) in [6.07, 6.45) is 1.79. The number of thiazole rings is 1. The van der Waals surface area contributed by atoms with Gasteiger partial charge in [0.25, 0.3) is 11.5 Å². The van der Waals surface area contributed by atoms with Gasteiger partial charge in [0.2, 0.25) is 0 Å². The second-order valence-electron chi connectivity index (χ2n) is 6.54. The average molecular weight is 441 g/mol. The number of nitrogens with two attached hydrogens (primary N) is 1. The van der Waals surface area contributed by atoms with Crippen LogP contribution in [-0.4, -0.2) is 29.5 Å².